The predicted octanol–water partition coefficient (Wildman–Crippen LogP) is 2.06. The Morgan fingerprint density at radius 2 is 2.27 bits per heavy atom. The molecule has 0 aliphatic carbocycles. The zero-order chi connectivity index (χ0) is 10.8. The van der Waals surface area contributed by atoms with E-state index in [9.17, 15) is 0 Å². The molecule has 15 heavy (non-hydrogen) atoms. The van der Waals surface area contributed by atoms with Crippen molar-refractivity contribution in [2.75, 3.05) is 6.54 Å². The third kappa shape index (κ3) is 1.93. The number of hydrogen-bond donors (Lipinski definition) is 1. The molecule has 2 heterocycles. The number of rotatable bonds is 3. The molecule has 0 spiro atoms. The van der Waals surface area contributed by atoms with E-state index in [2.05, 4.69) is 30.7 Å². The summed E-state index contributed by atoms with van der Waals surface area (Å²) in [4.78, 5) is 4.76. The van der Waals surface area contributed by atoms with Gasteiger partial charge in [-0.2, -0.15) is 0 Å². The minimum absolute atomic E-state index is 0.542. The number of aryl methyl sites for hydroxylation is 1. The van der Waals surface area contributed by atoms with Gasteiger partial charge in [0, 0.05) is 37.7 Å². The Labute approximate surface area is 91.9 Å². The lowest BCUT2D eigenvalue weighted by atomic mass is 10.1. The molecule has 0 radical (unpaired) electrons. The van der Waals surface area contributed by atoms with Crippen molar-refractivity contribution in [1.29, 1.82) is 0 Å². The third-order valence-corrected chi connectivity index (χ3v) is 2.99. The van der Waals surface area contributed by atoms with Gasteiger partial charge in [0.1, 0.15) is 5.82 Å². The summed E-state index contributed by atoms with van der Waals surface area (Å²) in [6, 6.07) is 0.542. The first-order valence-corrected chi connectivity index (χ1v) is 6.03. The van der Waals surface area contributed by atoms with Crippen molar-refractivity contribution >= 4 is 0 Å². The van der Waals surface area contributed by atoms with Gasteiger partial charge in [-0.1, -0.05) is 6.92 Å². The lowest BCUT2D eigenvalue weighted by Gasteiger charge is -2.18. The van der Waals surface area contributed by atoms with Crippen molar-refractivity contribution in [3.05, 3.63) is 17.2 Å². The Morgan fingerprint density at radius 3 is 2.93 bits per heavy atom. The standard InChI is InChI=1S/C12H21N3/c1-4-5-12-14-10-8-13-7-6-11(10)15(12)9(2)3/h9,13H,4-8H2,1-3H3. The van der Waals surface area contributed by atoms with Crippen molar-refractivity contribution in [3.8, 4) is 0 Å². The number of nitrogens with one attached hydrogen (secondary N) is 1. The fraction of sp³-hybridized carbons (Fsp3) is 0.750. The molecule has 0 atom stereocenters. The molecule has 0 bridgehead atoms. The van der Waals surface area contributed by atoms with Crippen molar-refractivity contribution in [1.82, 2.24) is 14.9 Å². The SMILES string of the molecule is CCCc1nc2c(n1C(C)C)CCNC2. The lowest BCUT2D eigenvalue weighted by molar-refractivity contribution is 0.524. The van der Waals surface area contributed by atoms with Crippen LogP contribution >= 0.6 is 0 Å². The third-order valence-electron chi connectivity index (χ3n) is 2.99. The number of fused-ring (bicyclic) bond motifs is 1. The molecular weight excluding hydrogens is 186 g/mol. The van der Waals surface area contributed by atoms with Crippen molar-refractivity contribution < 1.29 is 0 Å². The van der Waals surface area contributed by atoms with E-state index in [0.29, 0.717) is 6.04 Å². The molecule has 2 rings (SSSR count). The zero-order valence-electron chi connectivity index (χ0n) is 10.0. The van der Waals surface area contributed by atoms with E-state index >= 15 is 0 Å². The van der Waals surface area contributed by atoms with Crippen LogP contribution in [-0.2, 0) is 19.4 Å². The topological polar surface area (TPSA) is 29.9 Å². The van der Waals surface area contributed by atoms with E-state index in [1.54, 1.807) is 0 Å². The first kappa shape index (κ1) is 10.7. The fourth-order valence-electron chi connectivity index (χ4n) is 2.40. The van der Waals surface area contributed by atoms with Crippen LogP contribution in [0.1, 0.15) is 50.4 Å². The molecular formula is C12H21N3. The van der Waals surface area contributed by atoms with Crippen LogP contribution in [0.5, 0.6) is 0 Å². The largest absolute Gasteiger partial charge is 0.329 e. The summed E-state index contributed by atoms with van der Waals surface area (Å²) in [6.07, 6.45) is 3.41. The molecule has 0 fully saturated rings. The van der Waals surface area contributed by atoms with Crippen LogP contribution in [0, 0.1) is 0 Å². The number of imidazole rings is 1. The second kappa shape index (κ2) is 4.35. The summed E-state index contributed by atoms with van der Waals surface area (Å²) < 4.78 is 2.44. The summed E-state index contributed by atoms with van der Waals surface area (Å²) in [5.41, 5.74) is 2.74. The number of nitrogens with zero attached hydrogens (tertiary/aromatic N) is 2. The Hall–Kier alpha value is -0.830. The minimum atomic E-state index is 0.542. The average Bonchev–Trinajstić information content (AvgIpc) is 2.56. The van der Waals surface area contributed by atoms with E-state index in [-0.39, 0.29) is 0 Å². The van der Waals surface area contributed by atoms with E-state index in [0.717, 1.165) is 25.9 Å². The monoisotopic (exact) mass is 207 g/mol. The molecule has 1 aliphatic heterocycles. The van der Waals surface area contributed by atoms with Gasteiger partial charge < -0.3 is 9.88 Å². The van der Waals surface area contributed by atoms with Crippen LogP contribution in [0.3, 0.4) is 0 Å². The van der Waals surface area contributed by atoms with Gasteiger partial charge in [0.2, 0.25) is 0 Å². The van der Waals surface area contributed by atoms with E-state index < -0.39 is 0 Å². The van der Waals surface area contributed by atoms with Crippen molar-refractivity contribution in [2.24, 2.45) is 0 Å². The molecule has 1 N–H and O–H groups in total. The zero-order valence-corrected chi connectivity index (χ0v) is 10.0. The van der Waals surface area contributed by atoms with Crippen LogP contribution < -0.4 is 5.32 Å². The molecule has 0 amide bonds. The Bertz CT molecular complexity index is 339. The highest BCUT2D eigenvalue weighted by molar-refractivity contribution is 5.21. The summed E-state index contributed by atoms with van der Waals surface area (Å²) in [5, 5.41) is 3.39. The van der Waals surface area contributed by atoms with Crippen LogP contribution in [0.15, 0.2) is 0 Å². The van der Waals surface area contributed by atoms with Gasteiger partial charge in [-0.15, -0.1) is 0 Å². The van der Waals surface area contributed by atoms with Gasteiger partial charge in [0.15, 0.2) is 0 Å². The van der Waals surface area contributed by atoms with Gasteiger partial charge in [0.25, 0.3) is 0 Å². The van der Waals surface area contributed by atoms with Gasteiger partial charge in [-0.05, 0) is 20.3 Å². The molecule has 84 valence electrons. The Kier molecular flexibility index (Phi) is 3.10. The molecule has 1 aromatic heterocycles. The summed E-state index contributed by atoms with van der Waals surface area (Å²) in [7, 11) is 0. The quantitative estimate of drug-likeness (QED) is 0.822. The van der Waals surface area contributed by atoms with Crippen LogP contribution in [0.25, 0.3) is 0 Å². The van der Waals surface area contributed by atoms with Crippen LogP contribution in [-0.4, -0.2) is 16.1 Å². The molecule has 0 aromatic carbocycles. The van der Waals surface area contributed by atoms with E-state index in [1.165, 1.54) is 23.6 Å². The normalized spacial score (nSPS) is 15.7. The predicted molar refractivity (Wildman–Crippen MR) is 62.0 cm³/mol. The number of aromatic nitrogens is 2. The molecule has 0 unspecified atom stereocenters. The highest BCUT2D eigenvalue weighted by atomic mass is 15.1. The van der Waals surface area contributed by atoms with Crippen LogP contribution in [0.2, 0.25) is 0 Å². The fourth-order valence-corrected chi connectivity index (χ4v) is 2.40. The molecule has 3 heteroatoms. The molecule has 0 saturated heterocycles. The first-order valence-electron chi connectivity index (χ1n) is 6.03. The van der Waals surface area contributed by atoms with Crippen molar-refractivity contribution in [2.45, 2.75) is 52.6 Å². The Morgan fingerprint density at radius 1 is 1.47 bits per heavy atom. The summed E-state index contributed by atoms with van der Waals surface area (Å²) in [6.45, 7) is 8.77. The summed E-state index contributed by atoms with van der Waals surface area (Å²) in [5.74, 6) is 1.28. The lowest BCUT2D eigenvalue weighted by Crippen LogP contribution is -2.25. The molecule has 1 aromatic rings. The molecule has 1 aliphatic rings. The minimum Gasteiger partial charge on any atom is -0.329 e. The highest BCUT2D eigenvalue weighted by Gasteiger charge is 2.20. The summed E-state index contributed by atoms with van der Waals surface area (Å²) >= 11 is 0. The smallest absolute Gasteiger partial charge is 0.109 e. The van der Waals surface area contributed by atoms with Crippen molar-refractivity contribution in [3.63, 3.8) is 0 Å². The highest BCUT2D eigenvalue weighted by Crippen LogP contribution is 2.21. The van der Waals surface area contributed by atoms with Crippen LogP contribution in [0.4, 0.5) is 0 Å². The van der Waals surface area contributed by atoms with Gasteiger partial charge in [-0.25, -0.2) is 4.98 Å². The van der Waals surface area contributed by atoms with Gasteiger partial charge in [-0.3, -0.25) is 0 Å². The van der Waals surface area contributed by atoms with Gasteiger partial charge in [0.05, 0.1) is 5.69 Å². The maximum Gasteiger partial charge on any atom is 0.109 e. The second-order valence-corrected chi connectivity index (χ2v) is 4.56. The average molecular weight is 207 g/mol. The second-order valence-electron chi connectivity index (χ2n) is 4.56. The van der Waals surface area contributed by atoms with Gasteiger partial charge >= 0.3 is 0 Å². The molecule has 3 nitrogen and oxygen atoms in total. The maximum absolute atomic E-state index is 4.76. The molecule has 0 saturated carbocycles. The maximum atomic E-state index is 4.76. The number of hydrogen-bond acceptors (Lipinski definition) is 2. The Balaban J connectivity index is 2.41. The van der Waals surface area contributed by atoms with E-state index in [4.69, 9.17) is 4.98 Å². The first-order chi connectivity index (χ1) is 7.24. The van der Waals surface area contributed by atoms with E-state index in [1.807, 2.05) is 0 Å².